The van der Waals surface area contributed by atoms with E-state index < -0.39 is 0 Å². The predicted octanol–water partition coefficient (Wildman–Crippen LogP) is 3.88. The highest BCUT2D eigenvalue weighted by Gasteiger charge is 2.13. The fourth-order valence-corrected chi connectivity index (χ4v) is 2.75. The maximum Gasteiger partial charge on any atom is 0.151 e. The molecule has 0 saturated carbocycles. The Balaban J connectivity index is 2.34. The molecule has 3 heterocycles. The normalized spacial score (nSPS) is 11.1. The summed E-state index contributed by atoms with van der Waals surface area (Å²) >= 11 is 15.5. The van der Waals surface area contributed by atoms with E-state index in [2.05, 4.69) is 30.9 Å². The van der Waals surface area contributed by atoms with Gasteiger partial charge in [0.15, 0.2) is 5.65 Å². The molecule has 0 saturated heterocycles. The number of hydrogen-bond donors (Lipinski definition) is 0. The molecule has 3 aromatic rings. The third kappa shape index (κ3) is 1.88. The van der Waals surface area contributed by atoms with Crippen LogP contribution in [0.4, 0.5) is 0 Å². The Kier molecular flexibility index (Phi) is 2.97. The van der Waals surface area contributed by atoms with Crippen LogP contribution in [0.15, 0.2) is 35.3 Å². The van der Waals surface area contributed by atoms with E-state index in [4.69, 9.17) is 23.2 Å². The monoisotopic (exact) mass is 342 g/mol. The van der Waals surface area contributed by atoms with Crippen LogP contribution < -0.4 is 0 Å². The molecule has 7 heteroatoms. The Morgan fingerprint density at radius 3 is 2.78 bits per heavy atom. The number of fused-ring (bicyclic) bond motifs is 1. The molecule has 0 aromatic carbocycles. The lowest BCUT2D eigenvalue weighted by Gasteiger charge is -2.03. The van der Waals surface area contributed by atoms with Crippen LogP contribution in [-0.2, 0) is 0 Å². The number of hydrogen-bond acceptors (Lipinski definition) is 3. The molecule has 0 bridgehead atoms. The van der Waals surface area contributed by atoms with Gasteiger partial charge in [-0.15, -0.1) is 0 Å². The van der Waals surface area contributed by atoms with E-state index in [1.807, 2.05) is 6.20 Å². The highest BCUT2D eigenvalue weighted by Crippen LogP contribution is 2.31. The van der Waals surface area contributed by atoms with Crippen molar-refractivity contribution in [3.8, 4) is 5.82 Å². The van der Waals surface area contributed by atoms with Gasteiger partial charge < -0.3 is 0 Å². The average Bonchev–Trinajstić information content (AvgIpc) is 2.68. The highest BCUT2D eigenvalue weighted by atomic mass is 79.9. The molecule has 4 nitrogen and oxygen atoms in total. The Labute approximate surface area is 121 Å². The maximum absolute atomic E-state index is 6.05. The van der Waals surface area contributed by atoms with E-state index in [-0.39, 0.29) is 0 Å². The van der Waals surface area contributed by atoms with Crippen molar-refractivity contribution < 1.29 is 0 Å². The van der Waals surface area contributed by atoms with Crippen LogP contribution >= 0.6 is 39.1 Å². The van der Waals surface area contributed by atoms with Crippen LogP contribution in [-0.4, -0.2) is 19.5 Å². The van der Waals surface area contributed by atoms with Crippen LogP contribution in [0, 0.1) is 0 Å². The van der Waals surface area contributed by atoms with Crippen molar-refractivity contribution in [2.75, 3.05) is 0 Å². The van der Waals surface area contributed by atoms with Crippen molar-refractivity contribution in [3.05, 3.63) is 45.5 Å². The number of nitrogens with zero attached hydrogens (tertiary/aromatic N) is 4. The van der Waals surface area contributed by atoms with Crippen LogP contribution in [0.2, 0.25) is 10.2 Å². The lowest BCUT2D eigenvalue weighted by molar-refractivity contribution is 1.01. The Morgan fingerprint density at radius 1 is 1.17 bits per heavy atom. The molecule has 0 aliphatic rings. The van der Waals surface area contributed by atoms with Crippen LogP contribution in [0.1, 0.15) is 0 Å². The van der Waals surface area contributed by atoms with Crippen molar-refractivity contribution in [2.45, 2.75) is 0 Å². The predicted molar refractivity (Wildman–Crippen MR) is 74.4 cm³/mol. The zero-order valence-corrected chi connectivity index (χ0v) is 11.9. The molecule has 0 aliphatic heterocycles. The quantitative estimate of drug-likeness (QED) is 0.630. The molecule has 3 rings (SSSR count). The van der Waals surface area contributed by atoms with E-state index in [1.165, 1.54) is 6.33 Å². The van der Waals surface area contributed by atoms with Crippen molar-refractivity contribution in [3.63, 3.8) is 0 Å². The molecule has 0 fully saturated rings. The third-order valence-corrected chi connectivity index (χ3v) is 3.57. The summed E-state index contributed by atoms with van der Waals surface area (Å²) in [7, 11) is 0. The average molecular weight is 344 g/mol. The second-order valence-electron chi connectivity index (χ2n) is 3.54. The van der Waals surface area contributed by atoms with Crippen LogP contribution in [0.5, 0.6) is 0 Å². The molecule has 0 amide bonds. The van der Waals surface area contributed by atoms with E-state index in [9.17, 15) is 0 Å². The summed E-state index contributed by atoms with van der Waals surface area (Å²) in [5.41, 5.74) is 0.677. The molecule has 0 atom stereocenters. The van der Waals surface area contributed by atoms with Crippen molar-refractivity contribution in [1.82, 2.24) is 19.5 Å². The van der Waals surface area contributed by atoms with Gasteiger partial charge >= 0.3 is 0 Å². The molecule has 0 N–H and O–H groups in total. The highest BCUT2D eigenvalue weighted by molar-refractivity contribution is 9.10. The molecule has 0 aliphatic carbocycles. The topological polar surface area (TPSA) is 43.6 Å². The van der Waals surface area contributed by atoms with Gasteiger partial charge in [-0.3, -0.25) is 4.57 Å². The first-order valence-electron chi connectivity index (χ1n) is 4.96. The van der Waals surface area contributed by atoms with Crippen LogP contribution in [0.3, 0.4) is 0 Å². The number of pyridine rings is 1. The summed E-state index contributed by atoms with van der Waals surface area (Å²) in [5, 5.41) is 1.76. The zero-order valence-electron chi connectivity index (χ0n) is 8.81. The molecule has 18 heavy (non-hydrogen) atoms. The fraction of sp³-hybridized carbons (Fsp3) is 0. The second-order valence-corrected chi connectivity index (χ2v) is 5.19. The molecular weight excluding hydrogens is 339 g/mol. The molecule has 90 valence electrons. The Morgan fingerprint density at radius 2 is 2.00 bits per heavy atom. The molecule has 0 unspecified atom stereocenters. The zero-order chi connectivity index (χ0) is 12.7. The lowest BCUT2D eigenvalue weighted by atomic mass is 10.4. The minimum atomic E-state index is 0.396. The SMILES string of the molecule is Clc1ccnc(-n2cc(Br)c3c(Cl)ncnc32)c1. The van der Waals surface area contributed by atoms with E-state index in [0.717, 1.165) is 9.86 Å². The summed E-state index contributed by atoms with van der Waals surface area (Å²) in [5.74, 6) is 0.674. The standard InChI is InChI=1S/C11H5BrCl2N4/c12-7-4-18(8-3-6(13)1-2-15-8)11-9(7)10(14)16-5-17-11/h1-5H. The van der Waals surface area contributed by atoms with Gasteiger partial charge in [-0.25, -0.2) is 15.0 Å². The summed E-state index contributed by atoms with van der Waals surface area (Å²) in [6, 6.07) is 3.47. The fourth-order valence-electron chi connectivity index (χ4n) is 1.68. The minimum absolute atomic E-state index is 0.396. The van der Waals surface area contributed by atoms with E-state index >= 15 is 0 Å². The Bertz CT molecular complexity index is 741. The van der Waals surface area contributed by atoms with Gasteiger partial charge in [0.05, 0.1) is 5.39 Å². The van der Waals surface area contributed by atoms with Gasteiger partial charge in [0, 0.05) is 28.0 Å². The van der Waals surface area contributed by atoms with Gasteiger partial charge in [0.2, 0.25) is 0 Å². The minimum Gasteiger partial charge on any atom is -0.284 e. The Hall–Kier alpha value is -1.17. The largest absolute Gasteiger partial charge is 0.284 e. The molecule has 0 radical (unpaired) electrons. The van der Waals surface area contributed by atoms with Gasteiger partial charge in [-0.1, -0.05) is 23.2 Å². The lowest BCUT2D eigenvalue weighted by Crippen LogP contribution is -1.96. The van der Waals surface area contributed by atoms with Gasteiger partial charge in [0.1, 0.15) is 17.3 Å². The summed E-state index contributed by atoms with van der Waals surface area (Å²) < 4.78 is 2.61. The summed E-state index contributed by atoms with van der Waals surface area (Å²) in [4.78, 5) is 12.4. The maximum atomic E-state index is 6.05. The van der Waals surface area contributed by atoms with Crippen molar-refractivity contribution in [1.29, 1.82) is 0 Å². The molecule has 0 spiro atoms. The number of halogens is 3. The number of aromatic nitrogens is 4. The summed E-state index contributed by atoms with van der Waals surface area (Å²) in [6.45, 7) is 0. The third-order valence-electron chi connectivity index (χ3n) is 2.44. The molecule has 3 aromatic heterocycles. The van der Waals surface area contributed by atoms with Gasteiger partial charge in [-0.05, 0) is 22.0 Å². The van der Waals surface area contributed by atoms with Gasteiger partial charge in [-0.2, -0.15) is 0 Å². The van der Waals surface area contributed by atoms with E-state index in [1.54, 1.807) is 22.9 Å². The smallest absolute Gasteiger partial charge is 0.151 e. The second kappa shape index (κ2) is 4.50. The first-order chi connectivity index (χ1) is 8.66. The van der Waals surface area contributed by atoms with Crippen molar-refractivity contribution in [2.24, 2.45) is 0 Å². The summed E-state index contributed by atoms with van der Waals surface area (Å²) in [6.07, 6.45) is 4.89. The van der Waals surface area contributed by atoms with E-state index in [0.29, 0.717) is 21.6 Å². The van der Waals surface area contributed by atoms with Crippen molar-refractivity contribution >= 4 is 50.2 Å². The molecular formula is C11H5BrCl2N4. The first kappa shape index (κ1) is 11.9. The number of rotatable bonds is 1. The van der Waals surface area contributed by atoms with Gasteiger partial charge in [0.25, 0.3) is 0 Å². The first-order valence-corrected chi connectivity index (χ1v) is 6.50. The van der Waals surface area contributed by atoms with Crippen LogP contribution in [0.25, 0.3) is 16.9 Å².